The number of hydrogen-bond donors (Lipinski definition) is 2. The van der Waals surface area contributed by atoms with E-state index >= 15 is 0 Å². The Labute approximate surface area is 132 Å². The van der Waals surface area contributed by atoms with Gasteiger partial charge in [0.2, 0.25) is 0 Å². The summed E-state index contributed by atoms with van der Waals surface area (Å²) in [6, 6.07) is 12.1. The molecule has 6 heteroatoms. The van der Waals surface area contributed by atoms with E-state index < -0.39 is 17.9 Å². The molecule has 1 atom stereocenters. The van der Waals surface area contributed by atoms with Crippen molar-refractivity contribution in [2.45, 2.75) is 13.0 Å². The first-order valence-corrected chi connectivity index (χ1v) is 7.06. The fraction of sp³-hybridized carbons (Fsp3) is 0.125. The lowest BCUT2D eigenvalue weighted by molar-refractivity contribution is -0.133. The van der Waals surface area contributed by atoms with Gasteiger partial charge < -0.3 is 15.4 Å². The van der Waals surface area contributed by atoms with Gasteiger partial charge in [-0.25, -0.2) is 0 Å². The third-order valence-corrected chi connectivity index (χ3v) is 3.56. The fourth-order valence-electron chi connectivity index (χ4n) is 2.15. The van der Waals surface area contributed by atoms with E-state index in [2.05, 4.69) is 10.6 Å². The number of carbonyl (C=O) groups excluding carboxylic acids is 2. The minimum Gasteiger partial charge on any atom is -0.468 e. The van der Waals surface area contributed by atoms with E-state index in [1.165, 1.54) is 0 Å². The normalized spacial score (nSPS) is 16.3. The van der Waals surface area contributed by atoms with Crippen molar-refractivity contribution in [1.82, 2.24) is 0 Å². The van der Waals surface area contributed by atoms with Crippen LogP contribution in [0.1, 0.15) is 5.56 Å². The fourth-order valence-corrected chi connectivity index (χ4v) is 2.32. The Bertz CT molecular complexity index is 761. The molecule has 2 aromatic rings. The Hall–Kier alpha value is -2.53. The maximum Gasteiger partial charge on any atom is 0.275 e. The lowest BCUT2D eigenvalue weighted by Gasteiger charge is -2.25. The number of hydrogen-bond acceptors (Lipinski definition) is 3. The number of ether oxygens (including phenoxy) is 1. The van der Waals surface area contributed by atoms with Crippen LogP contribution in [0.5, 0.6) is 5.75 Å². The summed E-state index contributed by atoms with van der Waals surface area (Å²) in [5, 5.41) is 5.82. The number of fused-ring (bicyclic) bond motifs is 1. The molecule has 2 amide bonds. The number of amides is 2. The van der Waals surface area contributed by atoms with Crippen molar-refractivity contribution >= 4 is 34.8 Å². The van der Waals surface area contributed by atoms with E-state index in [0.717, 1.165) is 5.56 Å². The first kappa shape index (κ1) is 14.4. The molecule has 0 aromatic heterocycles. The number of halogens is 1. The Morgan fingerprint density at radius 3 is 2.86 bits per heavy atom. The van der Waals surface area contributed by atoms with Crippen LogP contribution in [0.4, 0.5) is 11.4 Å². The average Bonchev–Trinajstić information content (AvgIpc) is 2.50. The number of benzene rings is 2. The third kappa shape index (κ3) is 2.76. The van der Waals surface area contributed by atoms with Crippen LogP contribution in [0.3, 0.4) is 0 Å². The van der Waals surface area contributed by atoms with Crippen LogP contribution in [0.2, 0.25) is 5.02 Å². The van der Waals surface area contributed by atoms with Crippen molar-refractivity contribution in [3.63, 3.8) is 0 Å². The second-order valence-electron chi connectivity index (χ2n) is 4.93. The number of anilines is 2. The summed E-state index contributed by atoms with van der Waals surface area (Å²) in [5.74, 6) is -0.585. The lowest BCUT2D eigenvalue weighted by atomic mass is 10.1. The SMILES string of the molecule is Cc1ccc(Cl)cc1NC(=O)[C@@H]1Oc2ccccc2NC1=O. The summed E-state index contributed by atoms with van der Waals surface area (Å²) in [6.45, 7) is 1.84. The maximum atomic E-state index is 12.3. The number of aryl methyl sites for hydroxylation is 1. The van der Waals surface area contributed by atoms with Crippen LogP contribution in [0.25, 0.3) is 0 Å². The van der Waals surface area contributed by atoms with Crippen molar-refractivity contribution in [1.29, 1.82) is 0 Å². The zero-order valence-electron chi connectivity index (χ0n) is 11.7. The molecule has 0 unspecified atom stereocenters. The highest BCUT2D eigenvalue weighted by Crippen LogP contribution is 2.29. The first-order chi connectivity index (χ1) is 10.5. The Morgan fingerprint density at radius 1 is 1.27 bits per heavy atom. The second kappa shape index (κ2) is 5.69. The molecule has 0 bridgehead atoms. The van der Waals surface area contributed by atoms with Gasteiger partial charge in [0, 0.05) is 10.7 Å². The predicted octanol–water partition coefficient (Wildman–Crippen LogP) is 2.99. The molecule has 1 aliphatic heterocycles. The summed E-state index contributed by atoms with van der Waals surface area (Å²) in [5.41, 5.74) is 1.94. The van der Waals surface area contributed by atoms with Crippen molar-refractivity contribution in [2.24, 2.45) is 0 Å². The van der Waals surface area contributed by atoms with Crippen LogP contribution in [0.15, 0.2) is 42.5 Å². The molecule has 0 saturated carbocycles. The quantitative estimate of drug-likeness (QED) is 0.837. The maximum absolute atomic E-state index is 12.3. The highest BCUT2D eigenvalue weighted by atomic mass is 35.5. The summed E-state index contributed by atoms with van der Waals surface area (Å²) in [7, 11) is 0. The van der Waals surface area contributed by atoms with Gasteiger partial charge in [0.25, 0.3) is 17.9 Å². The Kier molecular flexibility index (Phi) is 3.73. The topological polar surface area (TPSA) is 67.4 Å². The highest BCUT2D eigenvalue weighted by Gasteiger charge is 2.34. The van der Waals surface area contributed by atoms with E-state index in [9.17, 15) is 9.59 Å². The summed E-state index contributed by atoms with van der Waals surface area (Å²) >= 11 is 5.92. The van der Waals surface area contributed by atoms with Gasteiger partial charge >= 0.3 is 0 Å². The summed E-state index contributed by atoms with van der Waals surface area (Å²) < 4.78 is 5.49. The van der Waals surface area contributed by atoms with Gasteiger partial charge in [-0.3, -0.25) is 9.59 Å². The molecule has 0 aliphatic carbocycles. The first-order valence-electron chi connectivity index (χ1n) is 6.68. The molecule has 1 aliphatic rings. The number of para-hydroxylation sites is 2. The number of nitrogens with one attached hydrogen (secondary N) is 2. The molecule has 112 valence electrons. The summed E-state index contributed by atoms with van der Waals surface area (Å²) in [4.78, 5) is 24.3. The molecule has 2 N–H and O–H groups in total. The lowest BCUT2D eigenvalue weighted by Crippen LogP contribution is -2.45. The van der Waals surface area contributed by atoms with E-state index in [4.69, 9.17) is 16.3 Å². The van der Waals surface area contributed by atoms with E-state index in [1.54, 1.807) is 42.5 Å². The van der Waals surface area contributed by atoms with Crippen LogP contribution in [0, 0.1) is 6.92 Å². The average molecular weight is 317 g/mol. The van der Waals surface area contributed by atoms with Crippen molar-refractivity contribution in [3.8, 4) is 5.75 Å². The monoisotopic (exact) mass is 316 g/mol. The molecule has 0 spiro atoms. The molecule has 3 rings (SSSR count). The van der Waals surface area contributed by atoms with Gasteiger partial charge in [-0.05, 0) is 36.8 Å². The molecule has 22 heavy (non-hydrogen) atoms. The van der Waals surface area contributed by atoms with Crippen molar-refractivity contribution < 1.29 is 14.3 Å². The van der Waals surface area contributed by atoms with Gasteiger partial charge in [0.1, 0.15) is 5.75 Å². The largest absolute Gasteiger partial charge is 0.468 e. The third-order valence-electron chi connectivity index (χ3n) is 3.32. The van der Waals surface area contributed by atoms with Crippen LogP contribution < -0.4 is 15.4 Å². The standard InChI is InChI=1S/C16H13ClN2O3/c1-9-6-7-10(17)8-12(9)19-16(21)14-15(20)18-11-4-2-3-5-13(11)22-14/h2-8,14H,1H3,(H,18,20)(H,19,21)/t14-/m1/s1. The van der Waals surface area contributed by atoms with Gasteiger partial charge in [-0.15, -0.1) is 0 Å². The molecule has 1 heterocycles. The molecule has 2 aromatic carbocycles. The van der Waals surface area contributed by atoms with Crippen molar-refractivity contribution in [3.05, 3.63) is 53.1 Å². The minimum atomic E-state index is -1.24. The zero-order chi connectivity index (χ0) is 15.7. The second-order valence-corrected chi connectivity index (χ2v) is 5.37. The molecular formula is C16H13ClN2O3. The van der Waals surface area contributed by atoms with Crippen LogP contribution >= 0.6 is 11.6 Å². The van der Waals surface area contributed by atoms with Gasteiger partial charge in [0.15, 0.2) is 0 Å². The summed E-state index contributed by atoms with van der Waals surface area (Å²) in [6.07, 6.45) is -1.24. The highest BCUT2D eigenvalue weighted by molar-refractivity contribution is 6.31. The Morgan fingerprint density at radius 2 is 2.05 bits per heavy atom. The number of rotatable bonds is 2. The van der Waals surface area contributed by atoms with Gasteiger partial charge in [0.05, 0.1) is 5.69 Å². The molecule has 5 nitrogen and oxygen atoms in total. The molecule has 0 saturated heterocycles. The van der Waals surface area contributed by atoms with Gasteiger partial charge in [-0.2, -0.15) is 0 Å². The minimum absolute atomic E-state index is 0.463. The molecule has 0 fully saturated rings. The van der Waals surface area contributed by atoms with Crippen molar-refractivity contribution in [2.75, 3.05) is 10.6 Å². The van der Waals surface area contributed by atoms with Gasteiger partial charge in [-0.1, -0.05) is 29.8 Å². The van der Waals surface area contributed by atoms with E-state index in [-0.39, 0.29) is 0 Å². The van der Waals surface area contributed by atoms with E-state index in [1.807, 2.05) is 6.92 Å². The smallest absolute Gasteiger partial charge is 0.275 e. The zero-order valence-corrected chi connectivity index (χ0v) is 12.5. The molecular weight excluding hydrogens is 304 g/mol. The van der Waals surface area contributed by atoms with Crippen LogP contribution in [-0.2, 0) is 9.59 Å². The van der Waals surface area contributed by atoms with Crippen LogP contribution in [-0.4, -0.2) is 17.9 Å². The van der Waals surface area contributed by atoms with E-state index in [0.29, 0.717) is 22.1 Å². The predicted molar refractivity (Wildman–Crippen MR) is 84.3 cm³/mol. The molecule has 0 radical (unpaired) electrons. The Balaban J connectivity index is 1.81. The number of carbonyl (C=O) groups is 2.